The lowest BCUT2D eigenvalue weighted by Crippen LogP contribution is -2.52. The van der Waals surface area contributed by atoms with Gasteiger partial charge in [0.15, 0.2) is 0 Å². The van der Waals surface area contributed by atoms with Gasteiger partial charge >= 0.3 is 0 Å². The Morgan fingerprint density at radius 3 is 3.17 bits per heavy atom. The summed E-state index contributed by atoms with van der Waals surface area (Å²) in [7, 11) is 3.75. The molecule has 128 valence electrons. The fraction of sp³-hybridized carbons (Fsp3) is 0.529. The van der Waals surface area contributed by atoms with Gasteiger partial charge in [-0.3, -0.25) is 4.79 Å². The van der Waals surface area contributed by atoms with E-state index in [0.717, 1.165) is 29.8 Å². The van der Waals surface area contributed by atoms with E-state index in [2.05, 4.69) is 38.8 Å². The minimum absolute atomic E-state index is 0.139. The maximum Gasteiger partial charge on any atom is 0.228 e. The third-order valence-corrected chi connectivity index (χ3v) is 4.88. The molecular formula is C17H24N6O. The SMILES string of the molecule is CN=CCC(=O)N1CC[C@@H](C)[C@@H](N(C)c2ncnc3[nH]ccc23)C1. The van der Waals surface area contributed by atoms with Crippen LogP contribution in [0.2, 0.25) is 0 Å². The maximum atomic E-state index is 12.3. The van der Waals surface area contributed by atoms with Crippen molar-refractivity contribution in [1.82, 2.24) is 19.9 Å². The summed E-state index contributed by atoms with van der Waals surface area (Å²) in [6.45, 7) is 3.77. The monoisotopic (exact) mass is 328 g/mol. The minimum atomic E-state index is 0.139. The molecule has 0 unspecified atom stereocenters. The van der Waals surface area contributed by atoms with E-state index >= 15 is 0 Å². The first-order valence-corrected chi connectivity index (χ1v) is 8.31. The maximum absolute atomic E-state index is 12.3. The van der Waals surface area contributed by atoms with Gasteiger partial charge in [-0.05, 0) is 18.4 Å². The molecule has 1 saturated heterocycles. The Morgan fingerprint density at radius 1 is 1.54 bits per heavy atom. The molecule has 1 amide bonds. The van der Waals surface area contributed by atoms with Crippen LogP contribution >= 0.6 is 0 Å². The Morgan fingerprint density at radius 2 is 2.38 bits per heavy atom. The third kappa shape index (κ3) is 3.11. The van der Waals surface area contributed by atoms with E-state index in [1.165, 1.54) is 0 Å². The summed E-state index contributed by atoms with van der Waals surface area (Å²) in [4.78, 5) is 32.2. The molecule has 2 aromatic heterocycles. The Bertz CT molecular complexity index is 740. The van der Waals surface area contributed by atoms with Crippen LogP contribution in [-0.2, 0) is 4.79 Å². The number of aromatic nitrogens is 3. The number of hydrogen-bond donors (Lipinski definition) is 1. The summed E-state index contributed by atoms with van der Waals surface area (Å²) in [5.41, 5.74) is 0.836. The van der Waals surface area contributed by atoms with Gasteiger partial charge in [0.1, 0.15) is 17.8 Å². The summed E-state index contributed by atoms with van der Waals surface area (Å²) >= 11 is 0. The lowest BCUT2D eigenvalue weighted by atomic mass is 9.92. The van der Waals surface area contributed by atoms with Crippen molar-refractivity contribution < 1.29 is 4.79 Å². The second kappa shape index (κ2) is 6.98. The quantitative estimate of drug-likeness (QED) is 0.867. The number of likely N-dealkylation sites (tertiary alicyclic amines) is 1. The van der Waals surface area contributed by atoms with Gasteiger partial charge in [-0.15, -0.1) is 0 Å². The van der Waals surface area contributed by atoms with Crippen LogP contribution < -0.4 is 4.90 Å². The van der Waals surface area contributed by atoms with E-state index < -0.39 is 0 Å². The molecule has 24 heavy (non-hydrogen) atoms. The van der Waals surface area contributed by atoms with E-state index in [1.807, 2.05) is 17.2 Å². The number of carbonyl (C=O) groups is 1. The highest BCUT2D eigenvalue weighted by molar-refractivity contribution is 5.90. The molecule has 1 N–H and O–H groups in total. The summed E-state index contributed by atoms with van der Waals surface area (Å²) in [5, 5.41) is 1.01. The molecular weight excluding hydrogens is 304 g/mol. The zero-order chi connectivity index (χ0) is 17.1. The number of fused-ring (bicyclic) bond motifs is 1. The van der Waals surface area contributed by atoms with E-state index in [0.29, 0.717) is 18.9 Å². The number of carbonyl (C=O) groups excluding carboxylic acids is 1. The Kier molecular flexibility index (Phi) is 4.78. The Labute approximate surface area is 141 Å². The lowest BCUT2D eigenvalue weighted by molar-refractivity contribution is -0.131. The van der Waals surface area contributed by atoms with Crippen LogP contribution in [0.1, 0.15) is 19.8 Å². The van der Waals surface area contributed by atoms with Crippen molar-refractivity contribution >= 4 is 29.0 Å². The fourth-order valence-corrected chi connectivity index (χ4v) is 3.37. The molecule has 0 saturated carbocycles. The number of H-pyrrole nitrogens is 1. The largest absolute Gasteiger partial charge is 0.354 e. The molecule has 2 aromatic rings. The molecule has 7 nitrogen and oxygen atoms in total. The Balaban J connectivity index is 1.81. The number of nitrogens with one attached hydrogen (secondary N) is 1. The van der Waals surface area contributed by atoms with Gasteiger partial charge < -0.3 is 19.8 Å². The van der Waals surface area contributed by atoms with Gasteiger partial charge in [0.2, 0.25) is 5.91 Å². The third-order valence-electron chi connectivity index (χ3n) is 4.88. The number of aromatic amines is 1. The summed E-state index contributed by atoms with van der Waals surface area (Å²) in [5.74, 6) is 1.53. The molecule has 1 fully saturated rings. The van der Waals surface area contributed by atoms with E-state index in [-0.39, 0.29) is 11.9 Å². The number of amides is 1. The topological polar surface area (TPSA) is 77.5 Å². The Hall–Kier alpha value is -2.44. The van der Waals surface area contributed by atoms with Crippen LogP contribution in [0.15, 0.2) is 23.6 Å². The second-order valence-corrected chi connectivity index (χ2v) is 6.37. The number of piperidine rings is 1. The van der Waals surface area contributed by atoms with Crippen molar-refractivity contribution in [3.05, 3.63) is 18.6 Å². The number of nitrogens with zero attached hydrogens (tertiary/aromatic N) is 5. The van der Waals surface area contributed by atoms with E-state index in [1.54, 1.807) is 19.6 Å². The van der Waals surface area contributed by atoms with E-state index in [4.69, 9.17) is 0 Å². The van der Waals surface area contributed by atoms with Crippen molar-refractivity contribution in [2.45, 2.75) is 25.8 Å². The van der Waals surface area contributed by atoms with Crippen LogP contribution in [-0.4, -0.2) is 65.2 Å². The normalized spacial score (nSPS) is 21.5. The highest BCUT2D eigenvalue weighted by Gasteiger charge is 2.32. The minimum Gasteiger partial charge on any atom is -0.354 e. The van der Waals surface area contributed by atoms with Crippen LogP contribution in [0.3, 0.4) is 0 Å². The average Bonchev–Trinajstić information content (AvgIpc) is 3.08. The first kappa shape index (κ1) is 16.4. The number of anilines is 1. The zero-order valence-electron chi connectivity index (χ0n) is 14.4. The van der Waals surface area contributed by atoms with Gasteiger partial charge in [0.05, 0.1) is 17.8 Å². The van der Waals surface area contributed by atoms with Crippen molar-refractivity contribution in [2.75, 3.05) is 32.1 Å². The molecule has 0 radical (unpaired) electrons. The average molecular weight is 328 g/mol. The zero-order valence-corrected chi connectivity index (χ0v) is 14.4. The van der Waals surface area contributed by atoms with Crippen molar-refractivity contribution in [3.8, 4) is 0 Å². The summed E-state index contributed by atoms with van der Waals surface area (Å²) in [6.07, 6.45) is 6.49. The first-order valence-electron chi connectivity index (χ1n) is 8.31. The summed E-state index contributed by atoms with van der Waals surface area (Å²) < 4.78 is 0. The molecule has 7 heteroatoms. The molecule has 0 spiro atoms. The lowest BCUT2D eigenvalue weighted by Gasteiger charge is -2.42. The van der Waals surface area contributed by atoms with E-state index in [9.17, 15) is 4.79 Å². The summed E-state index contributed by atoms with van der Waals surface area (Å²) in [6, 6.07) is 2.23. The highest BCUT2D eigenvalue weighted by atomic mass is 16.2. The number of hydrogen-bond acceptors (Lipinski definition) is 5. The van der Waals surface area contributed by atoms with Crippen LogP contribution in [0.25, 0.3) is 11.0 Å². The molecule has 3 heterocycles. The number of likely N-dealkylation sites (N-methyl/N-ethyl adjacent to an activating group) is 1. The van der Waals surface area contributed by atoms with Gasteiger partial charge in [-0.25, -0.2) is 9.97 Å². The van der Waals surface area contributed by atoms with Crippen LogP contribution in [0, 0.1) is 5.92 Å². The molecule has 3 rings (SSSR count). The molecule has 0 bridgehead atoms. The van der Waals surface area contributed by atoms with Crippen molar-refractivity contribution in [2.24, 2.45) is 10.9 Å². The smallest absolute Gasteiger partial charge is 0.228 e. The van der Waals surface area contributed by atoms with Crippen LogP contribution in [0.5, 0.6) is 0 Å². The first-order chi connectivity index (χ1) is 11.6. The van der Waals surface area contributed by atoms with Gasteiger partial charge in [-0.2, -0.15) is 0 Å². The molecule has 1 aliphatic heterocycles. The predicted molar refractivity (Wildman–Crippen MR) is 95.5 cm³/mol. The fourth-order valence-electron chi connectivity index (χ4n) is 3.37. The molecule has 1 aliphatic rings. The number of rotatable bonds is 4. The van der Waals surface area contributed by atoms with Crippen molar-refractivity contribution in [1.29, 1.82) is 0 Å². The molecule has 2 atom stereocenters. The van der Waals surface area contributed by atoms with Crippen LogP contribution in [0.4, 0.5) is 5.82 Å². The standard InChI is InChI=1S/C17H24N6O/c1-12-6-9-23(15(24)5-7-18-2)10-14(12)22(3)17-13-4-8-19-16(13)20-11-21-17/h4,7-8,11-12,14H,5-6,9-10H2,1-3H3,(H,19,20,21)/t12-,14+/m1/s1. The van der Waals surface area contributed by atoms with Crippen molar-refractivity contribution in [3.63, 3.8) is 0 Å². The predicted octanol–water partition coefficient (Wildman–Crippen LogP) is 1.72. The van der Waals surface area contributed by atoms with Gasteiger partial charge in [0.25, 0.3) is 0 Å². The van der Waals surface area contributed by atoms with Gasteiger partial charge in [-0.1, -0.05) is 6.92 Å². The molecule has 0 aromatic carbocycles. The second-order valence-electron chi connectivity index (χ2n) is 6.37. The highest BCUT2D eigenvalue weighted by Crippen LogP contribution is 2.28. The molecule has 0 aliphatic carbocycles. The van der Waals surface area contributed by atoms with Gasteiger partial charge in [0, 0.05) is 39.6 Å². The number of aliphatic imine (C=N–C) groups is 1.